The van der Waals surface area contributed by atoms with Gasteiger partial charge < -0.3 is 15.0 Å². The molecule has 24 heavy (non-hydrogen) atoms. The van der Waals surface area contributed by atoms with Gasteiger partial charge in [0.1, 0.15) is 11.9 Å². The largest absolute Gasteiger partial charge is 0.480 e. The van der Waals surface area contributed by atoms with Crippen molar-refractivity contribution in [3.63, 3.8) is 0 Å². The molecule has 1 saturated heterocycles. The van der Waals surface area contributed by atoms with Gasteiger partial charge in [-0.15, -0.1) is 0 Å². The number of rotatable bonds is 5. The van der Waals surface area contributed by atoms with Gasteiger partial charge in [0.05, 0.1) is 10.9 Å². The third kappa shape index (κ3) is 3.29. The van der Waals surface area contributed by atoms with E-state index in [1.54, 1.807) is 18.2 Å². The van der Waals surface area contributed by atoms with Crippen LogP contribution in [-0.4, -0.2) is 44.4 Å². The Morgan fingerprint density at radius 2 is 2.12 bits per heavy atom. The standard InChI is InChI=1S/C17H19N3O4/c21-15(20-10-4-7-13(20)17(23)24)9-3-8-14-18-12-6-2-1-5-11(12)16(22)19-14/h1-2,5-6,13H,3-4,7-10H2,(H,23,24)(H,18,19,22)/t13-/m0/s1. The Morgan fingerprint density at radius 3 is 2.92 bits per heavy atom. The fourth-order valence-corrected chi connectivity index (χ4v) is 3.13. The van der Waals surface area contributed by atoms with Gasteiger partial charge >= 0.3 is 5.97 Å². The van der Waals surface area contributed by atoms with Crippen molar-refractivity contribution in [3.05, 3.63) is 40.4 Å². The first kappa shape index (κ1) is 16.2. The second-order valence-electron chi connectivity index (χ2n) is 5.97. The minimum atomic E-state index is -0.943. The third-order valence-electron chi connectivity index (χ3n) is 4.32. The Bertz CT molecular complexity index is 830. The average Bonchev–Trinajstić information content (AvgIpc) is 3.05. The number of aromatic nitrogens is 2. The van der Waals surface area contributed by atoms with Crippen LogP contribution in [0.25, 0.3) is 10.9 Å². The summed E-state index contributed by atoms with van der Waals surface area (Å²) in [5, 5.41) is 9.66. The Balaban J connectivity index is 1.61. The van der Waals surface area contributed by atoms with Gasteiger partial charge in [0.2, 0.25) is 5.91 Å². The second-order valence-corrected chi connectivity index (χ2v) is 5.97. The lowest BCUT2D eigenvalue weighted by Crippen LogP contribution is -2.40. The van der Waals surface area contributed by atoms with Crippen molar-refractivity contribution in [1.82, 2.24) is 14.9 Å². The van der Waals surface area contributed by atoms with Gasteiger partial charge in [0.15, 0.2) is 0 Å². The molecule has 1 fully saturated rings. The molecule has 7 heteroatoms. The lowest BCUT2D eigenvalue weighted by Gasteiger charge is -2.21. The molecule has 7 nitrogen and oxygen atoms in total. The second kappa shape index (κ2) is 6.82. The monoisotopic (exact) mass is 329 g/mol. The number of hydrogen-bond acceptors (Lipinski definition) is 4. The van der Waals surface area contributed by atoms with Crippen LogP contribution in [0.5, 0.6) is 0 Å². The third-order valence-corrected chi connectivity index (χ3v) is 4.32. The number of hydrogen-bond donors (Lipinski definition) is 2. The molecule has 2 aromatic rings. The number of carboxylic acid groups (broad SMARTS) is 1. The molecule has 0 radical (unpaired) electrons. The molecule has 2 N–H and O–H groups in total. The fraction of sp³-hybridized carbons (Fsp3) is 0.412. The minimum Gasteiger partial charge on any atom is -0.480 e. The van der Waals surface area contributed by atoms with Crippen molar-refractivity contribution in [1.29, 1.82) is 0 Å². The SMILES string of the molecule is O=C(O)[C@@H]1CCCN1C(=O)CCCc1nc2ccccc2c(=O)[nH]1. The number of nitrogens with one attached hydrogen (secondary N) is 1. The highest BCUT2D eigenvalue weighted by Crippen LogP contribution is 2.19. The Morgan fingerprint density at radius 1 is 1.33 bits per heavy atom. The number of fused-ring (bicyclic) bond motifs is 1. The van der Waals surface area contributed by atoms with E-state index in [1.165, 1.54) is 4.90 Å². The molecule has 126 valence electrons. The number of benzene rings is 1. The van der Waals surface area contributed by atoms with Crippen LogP contribution >= 0.6 is 0 Å². The first-order chi connectivity index (χ1) is 11.6. The van der Waals surface area contributed by atoms with E-state index in [2.05, 4.69) is 9.97 Å². The first-order valence-corrected chi connectivity index (χ1v) is 8.06. The van der Waals surface area contributed by atoms with E-state index < -0.39 is 12.0 Å². The van der Waals surface area contributed by atoms with Crippen molar-refractivity contribution in [2.75, 3.05) is 6.54 Å². The van der Waals surface area contributed by atoms with Crippen LogP contribution in [-0.2, 0) is 16.0 Å². The topological polar surface area (TPSA) is 103 Å². The van der Waals surface area contributed by atoms with E-state index in [0.29, 0.717) is 42.5 Å². The average molecular weight is 329 g/mol. The maximum atomic E-state index is 12.2. The summed E-state index contributed by atoms with van der Waals surface area (Å²) in [5.74, 6) is -0.549. The summed E-state index contributed by atoms with van der Waals surface area (Å²) in [7, 11) is 0. The van der Waals surface area contributed by atoms with Gasteiger partial charge in [0.25, 0.3) is 5.56 Å². The molecule has 0 saturated carbocycles. The van der Waals surface area contributed by atoms with Crippen molar-refractivity contribution in [2.45, 2.75) is 38.1 Å². The lowest BCUT2D eigenvalue weighted by molar-refractivity contribution is -0.148. The zero-order chi connectivity index (χ0) is 17.1. The van der Waals surface area contributed by atoms with Crippen LogP contribution in [0.1, 0.15) is 31.5 Å². The zero-order valence-corrected chi connectivity index (χ0v) is 13.2. The van der Waals surface area contributed by atoms with E-state index in [0.717, 1.165) is 6.42 Å². The summed E-state index contributed by atoms with van der Waals surface area (Å²) in [4.78, 5) is 43.9. The smallest absolute Gasteiger partial charge is 0.326 e. The van der Waals surface area contributed by atoms with E-state index in [4.69, 9.17) is 5.11 Å². The molecule has 1 aromatic carbocycles. The molecule has 0 bridgehead atoms. The van der Waals surface area contributed by atoms with Crippen LogP contribution in [0.2, 0.25) is 0 Å². The van der Waals surface area contributed by atoms with Crippen LogP contribution in [0.4, 0.5) is 0 Å². The highest BCUT2D eigenvalue weighted by molar-refractivity contribution is 5.84. The number of carbonyl (C=O) groups excluding carboxylic acids is 1. The predicted octanol–water partition coefficient (Wildman–Crippen LogP) is 1.32. The van der Waals surface area contributed by atoms with Crippen LogP contribution in [0, 0.1) is 0 Å². The molecule has 3 rings (SSSR count). The molecular formula is C17H19N3O4. The number of likely N-dealkylation sites (tertiary alicyclic amines) is 1. The number of amides is 1. The zero-order valence-electron chi connectivity index (χ0n) is 13.2. The fourth-order valence-electron chi connectivity index (χ4n) is 3.13. The quantitative estimate of drug-likeness (QED) is 0.861. The Labute approximate surface area is 138 Å². The molecule has 1 aromatic heterocycles. The number of aliphatic carboxylic acids is 1. The number of H-pyrrole nitrogens is 1. The highest BCUT2D eigenvalue weighted by atomic mass is 16.4. The van der Waals surface area contributed by atoms with Gasteiger partial charge in [-0.2, -0.15) is 0 Å². The summed E-state index contributed by atoms with van der Waals surface area (Å²) >= 11 is 0. The van der Waals surface area contributed by atoms with Crippen molar-refractivity contribution < 1.29 is 14.7 Å². The van der Waals surface area contributed by atoms with Gasteiger partial charge in [-0.25, -0.2) is 9.78 Å². The normalized spacial score (nSPS) is 17.3. The van der Waals surface area contributed by atoms with E-state index in [1.807, 2.05) is 6.07 Å². The van der Waals surface area contributed by atoms with Crippen molar-refractivity contribution in [3.8, 4) is 0 Å². The summed E-state index contributed by atoms with van der Waals surface area (Å²) in [5.41, 5.74) is 0.445. The molecule has 2 heterocycles. The molecule has 1 atom stereocenters. The summed E-state index contributed by atoms with van der Waals surface area (Å²) in [6, 6.07) is 6.40. The number of nitrogens with zero attached hydrogens (tertiary/aromatic N) is 2. The van der Waals surface area contributed by atoms with Crippen LogP contribution in [0.15, 0.2) is 29.1 Å². The predicted molar refractivity (Wildman–Crippen MR) is 87.7 cm³/mol. The number of aryl methyl sites for hydroxylation is 1. The van der Waals surface area contributed by atoms with Gasteiger partial charge in [-0.05, 0) is 31.4 Å². The molecule has 1 aliphatic rings. The van der Waals surface area contributed by atoms with Gasteiger partial charge in [0, 0.05) is 19.4 Å². The molecule has 1 amide bonds. The number of para-hydroxylation sites is 1. The van der Waals surface area contributed by atoms with E-state index in [9.17, 15) is 14.4 Å². The number of carboxylic acids is 1. The Kier molecular flexibility index (Phi) is 4.59. The highest BCUT2D eigenvalue weighted by Gasteiger charge is 2.33. The molecule has 0 aliphatic carbocycles. The maximum Gasteiger partial charge on any atom is 0.326 e. The maximum absolute atomic E-state index is 12.2. The lowest BCUT2D eigenvalue weighted by atomic mass is 10.1. The van der Waals surface area contributed by atoms with Crippen molar-refractivity contribution in [2.24, 2.45) is 0 Å². The summed E-state index contributed by atoms with van der Waals surface area (Å²) in [6.45, 7) is 0.501. The summed E-state index contributed by atoms with van der Waals surface area (Å²) in [6.07, 6.45) is 2.48. The molecule has 0 spiro atoms. The number of carbonyl (C=O) groups is 2. The first-order valence-electron chi connectivity index (χ1n) is 8.06. The van der Waals surface area contributed by atoms with E-state index >= 15 is 0 Å². The molecule has 1 aliphatic heterocycles. The molecule has 0 unspecified atom stereocenters. The van der Waals surface area contributed by atoms with Crippen LogP contribution < -0.4 is 5.56 Å². The number of aromatic amines is 1. The van der Waals surface area contributed by atoms with Gasteiger partial charge in [-0.1, -0.05) is 12.1 Å². The Hall–Kier alpha value is -2.70. The van der Waals surface area contributed by atoms with E-state index in [-0.39, 0.29) is 17.9 Å². The molecular weight excluding hydrogens is 310 g/mol. The van der Waals surface area contributed by atoms with Crippen molar-refractivity contribution >= 4 is 22.8 Å². The minimum absolute atomic E-state index is 0.150. The van der Waals surface area contributed by atoms with Crippen LogP contribution in [0.3, 0.4) is 0 Å². The van der Waals surface area contributed by atoms with Gasteiger partial charge in [-0.3, -0.25) is 9.59 Å². The summed E-state index contributed by atoms with van der Waals surface area (Å²) < 4.78 is 0.